The van der Waals surface area contributed by atoms with Crippen molar-refractivity contribution >= 4 is 23.9 Å². The van der Waals surface area contributed by atoms with Gasteiger partial charge in [0.05, 0.1) is 0 Å². The van der Waals surface area contributed by atoms with Crippen molar-refractivity contribution in [1.82, 2.24) is 0 Å². The van der Waals surface area contributed by atoms with Gasteiger partial charge in [-0.2, -0.15) is 52.7 Å². The van der Waals surface area contributed by atoms with Crippen molar-refractivity contribution in [3.05, 3.63) is 117 Å². The van der Waals surface area contributed by atoms with E-state index in [1.54, 1.807) is 0 Å². The molecule has 4 aromatic carbocycles. The van der Waals surface area contributed by atoms with Crippen LogP contribution >= 0.6 is 0 Å². The lowest BCUT2D eigenvalue weighted by Gasteiger charge is -2.22. The SMILES string of the molecule is O=C(Oc1c2cccc1Cc1cccc(c1OC(=O)C(F)(F)F)Cc1cccc(c1OC(=O)C(F)(F)F)Cc1cccc(c1OC(=O)C(F)(F)F)C2)C(F)(F)F. The lowest BCUT2D eigenvalue weighted by molar-refractivity contribution is -0.189. The number of carbonyl (C=O) groups is 4. The number of alkyl halides is 12. The molecule has 8 bridgehead atoms. The molecule has 1 aliphatic carbocycles. The summed E-state index contributed by atoms with van der Waals surface area (Å²) in [6, 6.07) is 13.2. The van der Waals surface area contributed by atoms with Gasteiger partial charge >= 0.3 is 48.6 Å². The molecule has 0 aromatic heterocycles. The molecular weight excluding hydrogens is 788 g/mol. The van der Waals surface area contributed by atoms with E-state index < -0.39 is 97.3 Å². The summed E-state index contributed by atoms with van der Waals surface area (Å²) in [5.41, 5.74) is -3.00. The molecule has 0 saturated carbocycles. The van der Waals surface area contributed by atoms with Crippen LogP contribution < -0.4 is 18.9 Å². The van der Waals surface area contributed by atoms with Crippen LogP contribution in [0.15, 0.2) is 72.8 Å². The third-order valence-electron chi connectivity index (χ3n) is 7.94. The molecule has 20 heteroatoms. The van der Waals surface area contributed by atoms with Gasteiger partial charge in [-0.15, -0.1) is 0 Å². The minimum absolute atomic E-state index is 0.375. The summed E-state index contributed by atoms with van der Waals surface area (Å²) in [6.07, 6.45) is -25.6. The average molecular weight is 809 g/mol. The zero-order valence-electron chi connectivity index (χ0n) is 27.6. The zero-order chi connectivity index (χ0) is 41.4. The maximum absolute atomic E-state index is 13.5. The van der Waals surface area contributed by atoms with E-state index in [0.717, 1.165) is 48.5 Å². The molecule has 5 rings (SSSR count). The second-order valence-corrected chi connectivity index (χ2v) is 11.9. The maximum Gasteiger partial charge on any atom is 0.491 e. The second-order valence-electron chi connectivity index (χ2n) is 11.9. The first kappa shape index (κ1) is 41.1. The molecule has 1 aliphatic rings. The smallest absolute Gasteiger partial charge is 0.419 e. The summed E-state index contributed by atoms with van der Waals surface area (Å²) < 4.78 is 181. The molecule has 0 aliphatic heterocycles. The van der Waals surface area contributed by atoms with Gasteiger partial charge in [-0.05, 0) is 44.5 Å². The van der Waals surface area contributed by atoms with Gasteiger partial charge in [0.1, 0.15) is 23.0 Å². The molecule has 8 nitrogen and oxygen atoms in total. The predicted molar refractivity (Wildman–Crippen MR) is 164 cm³/mol. The predicted octanol–water partition coefficient (Wildman–Crippen LogP) is 8.23. The molecule has 0 saturated heterocycles. The molecule has 296 valence electrons. The molecule has 0 amide bonds. The maximum atomic E-state index is 13.5. The molecule has 0 unspecified atom stereocenters. The Morgan fingerprint density at radius 3 is 0.589 bits per heavy atom. The van der Waals surface area contributed by atoms with Gasteiger partial charge in [-0.3, -0.25) is 0 Å². The number of fused-ring (bicyclic) bond motifs is 8. The Balaban J connectivity index is 1.84. The zero-order valence-corrected chi connectivity index (χ0v) is 27.6. The summed E-state index contributed by atoms with van der Waals surface area (Å²) in [5.74, 6) is -14.6. The van der Waals surface area contributed by atoms with Crippen LogP contribution in [0.4, 0.5) is 52.7 Å². The number of benzene rings is 4. The quantitative estimate of drug-likeness (QED) is 0.102. The third kappa shape index (κ3) is 9.40. The normalized spacial score (nSPS) is 13.4. The van der Waals surface area contributed by atoms with E-state index in [4.69, 9.17) is 18.9 Å². The van der Waals surface area contributed by atoms with E-state index in [9.17, 15) is 71.9 Å². The van der Waals surface area contributed by atoms with E-state index in [1.165, 1.54) is 24.3 Å². The lowest BCUT2D eigenvalue weighted by Crippen LogP contribution is -2.29. The summed E-state index contributed by atoms with van der Waals surface area (Å²) in [5, 5.41) is 0. The van der Waals surface area contributed by atoms with Crippen LogP contribution in [-0.2, 0) is 44.9 Å². The van der Waals surface area contributed by atoms with Crippen LogP contribution in [0, 0.1) is 0 Å². The van der Waals surface area contributed by atoms with E-state index in [2.05, 4.69) is 0 Å². The molecule has 0 N–H and O–H groups in total. The van der Waals surface area contributed by atoms with Crippen molar-refractivity contribution in [2.24, 2.45) is 0 Å². The summed E-state index contributed by atoms with van der Waals surface area (Å²) >= 11 is 0. The van der Waals surface area contributed by atoms with Gasteiger partial charge in [-0.1, -0.05) is 72.8 Å². The highest BCUT2D eigenvalue weighted by Crippen LogP contribution is 2.40. The molecule has 0 radical (unpaired) electrons. The van der Waals surface area contributed by atoms with Gasteiger partial charge in [0, 0.05) is 25.7 Å². The number of carbonyl (C=O) groups excluding carboxylic acids is 4. The number of rotatable bonds is 4. The van der Waals surface area contributed by atoms with Gasteiger partial charge in [-0.25, -0.2) is 19.2 Å². The molecule has 0 fully saturated rings. The Morgan fingerprint density at radius 2 is 0.464 bits per heavy atom. The van der Waals surface area contributed by atoms with E-state index in [-0.39, 0.29) is 44.5 Å². The highest BCUT2D eigenvalue weighted by Gasteiger charge is 2.45. The number of para-hydroxylation sites is 4. The molecule has 0 atom stereocenters. The van der Waals surface area contributed by atoms with Crippen molar-refractivity contribution in [3.63, 3.8) is 0 Å². The van der Waals surface area contributed by atoms with Crippen LogP contribution in [0.3, 0.4) is 0 Å². The third-order valence-corrected chi connectivity index (χ3v) is 7.94. The Kier molecular flexibility index (Phi) is 11.2. The van der Waals surface area contributed by atoms with Crippen molar-refractivity contribution in [2.75, 3.05) is 0 Å². The van der Waals surface area contributed by atoms with E-state index in [0.29, 0.717) is 0 Å². The van der Waals surface area contributed by atoms with Crippen molar-refractivity contribution in [1.29, 1.82) is 0 Å². The fourth-order valence-corrected chi connectivity index (χ4v) is 5.61. The lowest BCUT2D eigenvalue weighted by atomic mass is 9.91. The van der Waals surface area contributed by atoms with Crippen LogP contribution in [0.25, 0.3) is 0 Å². The Labute approximate surface area is 305 Å². The Morgan fingerprint density at radius 1 is 0.321 bits per heavy atom. The molecule has 56 heavy (non-hydrogen) atoms. The Hall–Kier alpha value is -6.08. The molecular formula is C36H20F12O8. The monoisotopic (exact) mass is 808 g/mol. The number of esters is 4. The first-order valence-electron chi connectivity index (χ1n) is 15.5. The number of hydrogen-bond donors (Lipinski definition) is 0. The number of hydrogen-bond acceptors (Lipinski definition) is 8. The van der Waals surface area contributed by atoms with Crippen LogP contribution in [0.1, 0.15) is 44.5 Å². The van der Waals surface area contributed by atoms with E-state index in [1.807, 2.05) is 0 Å². The van der Waals surface area contributed by atoms with Gasteiger partial charge < -0.3 is 18.9 Å². The number of halogens is 12. The van der Waals surface area contributed by atoms with Gasteiger partial charge in [0.15, 0.2) is 0 Å². The van der Waals surface area contributed by atoms with Crippen molar-refractivity contribution in [3.8, 4) is 23.0 Å². The molecule has 4 aromatic rings. The second kappa shape index (κ2) is 15.2. The van der Waals surface area contributed by atoms with Crippen LogP contribution in [0.2, 0.25) is 0 Å². The summed E-state index contributed by atoms with van der Waals surface area (Å²) in [7, 11) is 0. The van der Waals surface area contributed by atoms with Crippen molar-refractivity contribution < 1.29 is 90.8 Å². The summed E-state index contributed by atoms with van der Waals surface area (Å²) in [4.78, 5) is 48.6. The van der Waals surface area contributed by atoms with E-state index >= 15 is 0 Å². The first-order valence-corrected chi connectivity index (χ1v) is 15.5. The van der Waals surface area contributed by atoms with Gasteiger partial charge in [0.2, 0.25) is 0 Å². The average Bonchev–Trinajstić information content (AvgIpc) is 3.07. The standard InChI is InChI=1S/C36H20F12O8/c37-33(38,39)29(49)53-25-17-5-1-6-18(25)14-20-8-3-10-22(27(20)55-31(51)35(43,44)45)16-24-12-4-11-23(28(24)56-32(52)36(46,47)48)15-21-9-2-7-19(13-17)26(21)54-30(50)34(40,41)42/h1-12H,13-16H2. The highest BCUT2D eigenvalue weighted by molar-refractivity contribution is 5.81. The molecule has 0 spiro atoms. The number of ether oxygens (including phenoxy) is 4. The first-order chi connectivity index (χ1) is 25.9. The minimum atomic E-state index is -5.62. The van der Waals surface area contributed by atoms with Crippen molar-refractivity contribution in [2.45, 2.75) is 50.4 Å². The fraction of sp³-hybridized carbons (Fsp3) is 0.222. The van der Waals surface area contributed by atoms with Crippen LogP contribution in [-0.4, -0.2) is 48.6 Å². The molecule has 0 heterocycles. The highest BCUT2D eigenvalue weighted by atomic mass is 19.4. The topological polar surface area (TPSA) is 105 Å². The minimum Gasteiger partial charge on any atom is -0.419 e. The largest absolute Gasteiger partial charge is 0.491 e. The summed E-state index contributed by atoms with van der Waals surface area (Å²) in [6.45, 7) is 0. The Bertz CT molecular complexity index is 1810. The van der Waals surface area contributed by atoms with Gasteiger partial charge in [0.25, 0.3) is 0 Å². The van der Waals surface area contributed by atoms with Crippen LogP contribution in [0.5, 0.6) is 23.0 Å². The fourth-order valence-electron chi connectivity index (χ4n) is 5.61.